The van der Waals surface area contributed by atoms with Crippen molar-refractivity contribution in [3.05, 3.63) is 51.0 Å². The Morgan fingerprint density at radius 2 is 2.18 bits per heavy atom. The highest BCUT2D eigenvalue weighted by Gasteiger charge is 2.17. The summed E-state index contributed by atoms with van der Waals surface area (Å²) in [7, 11) is 0. The first-order valence-corrected chi connectivity index (χ1v) is 7.79. The van der Waals surface area contributed by atoms with Gasteiger partial charge in [0.1, 0.15) is 16.8 Å². The Hall–Kier alpha value is -2.29. The van der Waals surface area contributed by atoms with Crippen LogP contribution in [0.1, 0.15) is 26.5 Å². The molecule has 0 spiro atoms. The van der Waals surface area contributed by atoms with E-state index in [1.807, 2.05) is 26.0 Å². The second kappa shape index (κ2) is 5.48. The van der Waals surface area contributed by atoms with Crippen LogP contribution >= 0.6 is 22.9 Å². The molecule has 0 saturated carbocycles. The number of hydrogen-bond donors (Lipinski definition) is 2. The zero-order valence-corrected chi connectivity index (χ0v) is 13.5. The lowest BCUT2D eigenvalue weighted by atomic mass is 10.2. The highest BCUT2D eigenvalue weighted by molar-refractivity contribution is 7.16. The van der Waals surface area contributed by atoms with Crippen molar-refractivity contribution in [2.24, 2.45) is 0 Å². The Balaban J connectivity index is 1.96. The van der Waals surface area contributed by atoms with E-state index in [1.165, 1.54) is 11.3 Å². The van der Waals surface area contributed by atoms with Gasteiger partial charge in [0.2, 0.25) is 0 Å². The number of rotatable bonds is 2. The summed E-state index contributed by atoms with van der Waals surface area (Å²) in [5.41, 5.74) is 2.57. The third-order valence-corrected chi connectivity index (χ3v) is 5.01. The minimum absolute atomic E-state index is 0.287. The van der Waals surface area contributed by atoms with Gasteiger partial charge in [-0.1, -0.05) is 23.7 Å². The standard InChI is InChI=1S/C16H12ClN3OS/c1-8-9(2)22-16(11(8)7-18)20-15(21)13-6-10-4-3-5-12(17)14(10)19-13/h3-6,19H,1-2H3,(H,20,21). The number of benzene rings is 1. The van der Waals surface area contributed by atoms with Gasteiger partial charge in [0, 0.05) is 10.3 Å². The lowest BCUT2D eigenvalue weighted by Gasteiger charge is -2.01. The third-order valence-electron chi connectivity index (χ3n) is 3.57. The number of H-pyrrole nitrogens is 1. The van der Waals surface area contributed by atoms with Gasteiger partial charge in [0.15, 0.2) is 0 Å². The normalized spacial score (nSPS) is 10.6. The molecule has 0 atom stereocenters. The molecule has 4 nitrogen and oxygen atoms in total. The number of nitrogens with zero attached hydrogens (tertiary/aromatic N) is 1. The van der Waals surface area contributed by atoms with Gasteiger partial charge in [0.05, 0.1) is 16.1 Å². The van der Waals surface area contributed by atoms with Crippen LogP contribution in [-0.2, 0) is 0 Å². The number of carbonyl (C=O) groups excluding carboxylic acids is 1. The van der Waals surface area contributed by atoms with E-state index in [9.17, 15) is 10.1 Å². The molecule has 2 aromatic heterocycles. The van der Waals surface area contributed by atoms with Crippen LogP contribution in [0.25, 0.3) is 10.9 Å². The van der Waals surface area contributed by atoms with Gasteiger partial charge >= 0.3 is 0 Å². The van der Waals surface area contributed by atoms with Gasteiger partial charge in [-0.05, 0) is 31.5 Å². The van der Waals surface area contributed by atoms with E-state index >= 15 is 0 Å². The van der Waals surface area contributed by atoms with Gasteiger partial charge in [-0.3, -0.25) is 4.79 Å². The Kier molecular flexibility index (Phi) is 3.65. The summed E-state index contributed by atoms with van der Waals surface area (Å²) in [6.45, 7) is 3.81. The van der Waals surface area contributed by atoms with Crippen LogP contribution in [-0.4, -0.2) is 10.9 Å². The molecule has 0 saturated heterocycles. The van der Waals surface area contributed by atoms with E-state index in [1.54, 1.807) is 12.1 Å². The molecule has 0 fully saturated rings. The molecule has 0 bridgehead atoms. The fourth-order valence-electron chi connectivity index (χ4n) is 2.26. The SMILES string of the molecule is Cc1sc(NC(=O)c2cc3cccc(Cl)c3[nH]2)c(C#N)c1C. The predicted molar refractivity (Wildman–Crippen MR) is 89.8 cm³/mol. The first kappa shape index (κ1) is 14.6. The molecule has 110 valence electrons. The molecule has 3 rings (SSSR count). The van der Waals surface area contributed by atoms with Gasteiger partial charge in [-0.2, -0.15) is 5.26 Å². The molecule has 0 aliphatic carbocycles. The van der Waals surface area contributed by atoms with Gasteiger partial charge in [-0.25, -0.2) is 0 Å². The van der Waals surface area contributed by atoms with Gasteiger partial charge < -0.3 is 10.3 Å². The summed E-state index contributed by atoms with van der Waals surface area (Å²) in [6, 6.07) is 9.37. The Bertz CT molecular complexity index is 933. The summed E-state index contributed by atoms with van der Waals surface area (Å²) in [5, 5.41) is 14.0. The predicted octanol–water partition coefficient (Wildman–Crippen LogP) is 4.62. The number of amides is 1. The largest absolute Gasteiger partial charge is 0.349 e. The summed E-state index contributed by atoms with van der Waals surface area (Å²) >= 11 is 7.51. The molecule has 0 radical (unpaired) electrons. The lowest BCUT2D eigenvalue weighted by Crippen LogP contribution is -2.12. The Morgan fingerprint density at radius 3 is 2.86 bits per heavy atom. The minimum atomic E-state index is -0.287. The van der Waals surface area contributed by atoms with Crippen LogP contribution < -0.4 is 5.32 Å². The first-order chi connectivity index (χ1) is 10.5. The average Bonchev–Trinajstić information content (AvgIpc) is 3.03. The number of hydrogen-bond acceptors (Lipinski definition) is 3. The molecule has 0 aliphatic heterocycles. The quantitative estimate of drug-likeness (QED) is 0.720. The minimum Gasteiger partial charge on any atom is -0.349 e. The number of halogens is 1. The van der Waals surface area contributed by atoms with E-state index in [0.717, 1.165) is 21.3 Å². The van der Waals surface area contributed by atoms with E-state index in [0.29, 0.717) is 21.3 Å². The van der Waals surface area contributed by atoms with Crippen molar-refractivity contribution >= 4 is 44.7 Å². The zero-order chi connectivity index (χ0) is 15.9. The second-order valence-corrected chi connectivity index (χ2v) is 6.57. The van der Waals surface area contributed by atoms with Crippen LogP contribution in [0.15, 0.2) is 24.3 Å². The molecular weight excluding hydrogens is 318 g/mol. The smallest absolute Gasteiger partial charge is 0.272 e. The van der Waals surface area contributed by atoms with E-state index in [-0.39, 0.29) is 5.91 Å². The fourth-order valence-corrected chi connectivity index (χ4v) is 3.50. The molecule has 2 heterocycles. The maximum Gasteiger partial charge on any atom is 0.272 e. The zero-order valence-electron chi connectivity index (χ0n) is 12.0. The first-order valence-electron chi connectivity index (χ1n) is 6.60. The number of anilines is 1. The average molecular weight is 330 g/mol. The number of para-hydroxylation sites is 1. The number of nitrogens with one attached hydrogen (secondary N) is 2. The van der Waals surface area contributed by atoms with Crippen LogP contribution in [0.5, 0.6) is 0 Å². The van der Waals surface area contributed by atoms with Crippen molar-refractivity contribution in [3.8, 4) is 6.07 Å². The summed E-state index contributed by atoms with van der Waals surface area (Å²) in [4.78, 5) is 16.4. The molecular formula is C16H12ClN3OS. The van der Waals surface area contributed by atoms with E-state index < -0.39 is 0 Å². The molecule has 22 heavy (non-hydrogen) atoms. The van der Waals surface area contributed by atoms with Crippen molar-refractivity contribution in [2.45, 2.75) is 13.8 Å². The highest BCUT2D eigenvalue weighted by Crippen LogP contribution is 2.32. The van der Waals surface area contributed by atoms with Gasteiger partial charge in [-0.15, -0.1) is 11.3 Å². The molecule has 6 heteroatoms. The van der Waals surface area contributed by atoms with Crippen molar-refractivity contribution in [2.75, 3.05) is 5.32 Å². The highest BCUT2D eigenvalue weighted by atomic mass is 35.5. The second-order valence-electron chi connectivity index (χ2n) is 4.94. The maximum absolute atomic E-state index is 12.4. The molecule has 1 amide bonds. The van der Waals surface area contributed by atoms with Crippen molar-refractivity contribution in [1.29, 1.82) is 5.26 Å². The number of carbonyl (C=O) groups is 1. The molecule has 0 unspecified atom stereocenters. The van der Waals surface area contributed by atoms with Crippen molar-refractivity contribution < 1.29 is 4.79 Å². The maximum atomic E-state index is 12.4. The topological polar surface area (TPSA) is 68.7 Å². The monoisotopic (exact) mass is 329 g/mol. The molecule has 2 N–H and O–H groups in total. The number of aromatic nitrogens is 1. The summed E-state index contributed by atoms with van der Waals surface area (Å²) in [6.07, 6.45) is 0. The number of aryl methyl sites for hydroxylation is 1. The summed E-state index contributed by atoms with van der Waals surface area (Å²) < 4.78 is 0. The van der Waals surface area contributed by atoms with Crippen LogP contribution in [0.3, 0.4) is 0 Å². The summed E-state index contributed by atoms with van der Waals surface area (Å²) in [5.74, 6) is -0.287. The third kappa shape index (κ3) is 2.37. The number of thiophene rings is 1. The van der Waals surface area contributed by atoms with Crippen LogP contribution in [0.2, 0.25) is 5.02 Å². The Morgan fingerprint density at radius 1 is 1.41 bits per heavy atom. The van der Waals surface area contributed by atoms with Crippen molar-refractivity contribution in [3.63, 3.8) is 0 Å². The molecule has 1 aromatic carbocycles. The fraction of sp³-hybridized carbons (Fsp3) is 0.125. The molecule has 0 aliphatic rings. The van der Waals surface area contributed by atoms with Crippen molar-refractivity contribution in [1.82, 2.24) is 4.98 Å². The lowest BCUT2D eigenvalue weighted by molar-refractivity contribution is 0.102. The number of nitriles is 1. The van der Waals surface area contributed by atoms with Gasteiger partial charge in [0.25, 0.3) is 5.91 Å². The Labute approximate surface area is 136 Å². The number of fused-ring (bicyclic) bond motifs is 1. The van der Waals surface area contributed by atoms with Crippen LogP contribution in [0, 0.1) is 25.2 Å². The van der Waals surface area contributed by atoms with Crippen LogP contribution in [0.4, 0.5) is 5.00 Å². The number of aromatic amines is 1. The molecule has 3 aromatic rings. The van der Waals surface area contributed by atoms with E-state index in [2.05, 4.69) is 16.4 Å². The van der Waals surface area contributed by atoms with E-state index in [4.69, 9.17) is 11.6 Å².